The molecule has 5 rings (SSSR count). The molecular formula is C25H26BN5O4. The summed E-state index contributed by atoms with van der Waals surface area (Å²) in [7, 11) is 0.495. The van der Waals surface area contributed by atoms with Crippen molar-refractivity contribution in [1.82, 2.24) is 9.97 Å². The third-order valence-electron chi connectivity index (χ3n) is 6.33. The number of primary amides is 1. The zero-order valence-electron chi connectivity index (χ0n) is 19.6. The molecule has 1 aliphatic rings. The number of nitrogens with one attached hydrogen (secondary N) is 1. The summed E-state index contributed by atoms with van der Waals surface area (Å²) in [5.41, 5.74) is 10.2. The largest absolute Gasteiger partial charge is 0.488 e. The lowest BCUT2D eigenvalue weighted by Gasteiger charge is -2.29. The summed E-state index contributed by atoms with van der Waals surface area (Å²) in [5.74, 6) is 1.25. The lowest BCUT2D eigenvalue weighted by atomic mass is 9.79. The number of hydrogen-bond donors (Lipinski definition) is 4. The van der Waals surface area contributed by atoms with Gasteiger partial charge in [-0.15, -0.1) is 0 Å². The first-order valence-corrected chi connectivity index (χ1v) is 11.5. The molecule has 0 unspecified atom stereocenters. The maximum Gasteiger partial charge on any atom is 0.488 e. The van der Waals surface area contributed by atoms with Crippen molar-refractivity contribution in [2.75, 3.05) is 23.8 Å². The van der Waals surface area contributed by atoms with E-state index < -0.39 is 13.0 Å². The molecule has 9 nitrogen and oxygen atoms in total. The molecule has 0 fully saturated rings. The number of carbonyl (C=O) groups excluding carboxylic acids is 1. The molecule has 0 atom stereocenters. The Morgan fingerprint density at radius 1 is 1.23 bits per heavy atom. The summed E-state index contributed by atoms with van der Waals surface area (Å²) < 4.78 is 5.96. The lowest BCUT2D eigenvalue weighted by molar-refractivity contribution is 0.100. The van der Waals surface area contributed by atoms with Gasteiger partial charge in [0, 0.05) is 25.5 Å². The lowest BCUT2D eigenvalue weighted by Crippen LogP contribution is -2.30. The predicted molar refractivity (Wildman–Crippen MR) is 136 cm³/mol. The summed E-state index contributed by atoms with van der Waals surface area (Å²) in [5, 5.41) is 23.2. The third-order valence-corrected chi connectivity index (χ3v) is 6.33. The first-order valence-electron chi connectivity index (χ1n) is 11.5. The van der Waals surface area contributed by atoms with Crippen LogP contribution in [0.4, 0.5) is 11.5 Å². The molecule has 0 radical (unpaired) electrons. The van der Waals surface area contributed by atoms with Crippen LogP contribution in [0.15, 0.2) is 46.9 Å². The van der Waals surface area contributed by atoms with E-state index in [2.05, 4.69) is 10.2 Å². The summed E-state index contributed by atoms with van der Waals surface area (Å²) in [4.78, 5) is 23.9. The van der Waals surface area contributed by atoms with Crippen molar-refractivity contribution in [1.29, 1.82) is 0 Å². The number of furan rings is 1. The summed E-state index contributed by atoms with van der Waals surface area (Å²) in [6.07, 6.45) is 1.80. The molecule has 5 N–H and O–H groups in total. The summed E-state index contributed by atoms with van der Waals surface area (Å²) in [6.45, 7) is 3.16. The van der Waals surface area contributed by atoms with Crippen LogP contribution in [-0.2, 0) is 13.0 Å². The highest BCUT2D eigenvalue weighted by atomic mass is 16.4. The van der Waals surface area contributed by atoms with E-state index in [4.69, 9.17) is 20.1 Å². The monoisotopic (exact) mass is 471 g/mol. The molecule has 0 bridgehead atoms. The van der Waals surface area contributed by atoms with Crippen LogP contribution in [0.5, 0.6) is 0 Å². The van der Waals surface area contributed by atoms with Gasteiger partial charge < -0.3 is 30.4 Å². The highest BCUT2D eigenvalue weighted by Gasteiger charge is 2.25. The van der Waals surface area contributed by atoms with Crippen LogP contribution < -0.4 is 21.4 Å². The van der Waals surface area contributed by atoms with Gasteiger partial charge in [0.2, 0.25) is 0 Å². The average Bonchev–Trinajstić information content (AvgIpc) is 3.18. The van der Waals surface area contributed by atoms with E-state index in [1.165, 1.54) is 0 Å². The average molecular weight is 471 g/mol. The highest BCUT2D eigenvalue weighted by Crippen LogP contribution is 2.38. The van der Waals surface area contributed by atoms with Gasteiger partial charge in [-0.2, -0.15) is 0 Å². The molecule has 0 saturated carbocycles. The molecule has 2 aromatic carbocycles. The number of hydrogen-bond acceptors (Lipinski definition) is 8. The van der Waals surface area contributed by atoms with Gasteiger partial charge in [0.05, 0.1) is 16.8 Å². The van der Waals surface area contributed by atoms with Crippen LogP contribution in [0.1, 0.15) is 33.8 Å². The second-order valence-electron chi connectivity index (χ2n) is 8.77. The number of benzene rings is 2. The Labute approximate surface area is 202 Å². The second kappa shape index (κ2) is 9.05. The molecule has 4 aromatic rings. The normalized spacial score (nSPS) is 13.1. The maximum atomic E-state index is 11.9. The molecular weight excluding hydrogens is 445 g/mol. The fourth-order valence-corrected chi connectivity index (χ4v) is 4.67. The topological polar surface area (TPSA) is 138 Å². The minimum Gasteiger partial charge on any atom is -0.460 e. The van der Waals surface area contributed by atoms with Crippen molar-refractivity contribution < 1.29 is 19.3 Å². The van der Waals surface area contributed by atoms with Gasteiger partial charge in [-0.3, -0.25) is 4.79 Å². The summed E-state index contributed by atoms with van der Waals surface area (Å²) in [6, 6.07) is 12.4. The predicted octanol–water partition coefficient (Wildman–Crippen LogP) is 1.97. The van der Waals surface area contributed by atoms with E-state index in [0.717, 1.165) is 47.3 Å². The maximum absolute atomic E-state index is 11.9. The zero-order chi connectivity index (χ0) is 24.7. The number of para-hydroxylation sites is 1. The van der Waals surface area contributed by atoms with Gasteiger partial charge in [0.15, 0.2) is 11.6 Å². The molecule has 178 valence electrons. The molecule has 3 heterocycles. The molecule has 1 amide bonds. The van der Waals surface area contributed by atoms with E-state index in [1.807, 2.05) is 26.1 Å². The van der Waals surface area contributed by atoms with Crippen LogP contribution in [0.25, 0.3) is 22.4 Å². The first-order chi connectivity index (χ1) is 16.8. The number of rotatable bonds is 6. The van der Waals surface area contributed by atoms with Gasteiger partial charge >= 0.3 is 7.12 Å². The Kier molecular flexibility index (Phi) is 5.92. The molecule has 1 aliphatic heterocycles. The van der Waals surface area contributed by atoms with Crippen LogP contribution in [0.3, 0.4) is 0 Å². The third kappa shape index (κ3) is 4.22. The van der Waals surface area contributed by atoms with E-state index in [1.54, 1.807) is 30.3 Å². The first kappa shape index (κ1) is 22.9. The Morgan fingerprint density at radius 3 is 2.80 bits per heavy atom. The molecule has 35 heavy (non-hydrogen) atoms. The Morgan fingerprint density at radius 2 is 2.03 bits per heavy atom. The van der Waals surface area contributed by atoms with Crippen molar-refractivity contribution in [3.8, 4) is 11.4 Å². The molecule has 0 aliphatic carbocycles. The van der Waals surface area contributed by atoms with Crippen LogP contribution in [0, 0.1) is 6.92 Å². The van der Waals surface area contributed by atoms with Crippen molar-refractivity contribution >= 4 is 41.0 Å². The van der Waals surface area contributed by atoms with E-state index in [-0.39, 0.29) is 0 Å². The molecule has 0 saturated heterocycles. The van der Waals surface area contributed by atoms with Gasteiger partial charge in [-0.05, 0) is 36.9 Å². The number of aryl methyl sites for hydroxylation is 2. The number of anilines is 2. The molecule has 10 heteroatoms. The Hall–Kier alpha value is -3.89. The van der Waals surface area contributed by atoms with Gasteiger partial charge in [0.1, 0.15) is 17.0 Å². The SMILES string of the molecule is Cc1oc2c(C(N)=O)cccc2c1-c1nc2c(c(NCc3cccc(B(O)O)c3)n1)N(C)CCC2. The minimum atomic E-state index is -1.53. The smallest absolute Gasteiger partial charge is 0.460 e. The van der Waals surface area contributed by atoms with Crippen molar-refractivity contribution in [2.45, 2.75) is 26.3 Å². The zero-order valence-corrected chi connectivity index (χ0v) is 19.6. The van der Waals surface area contributed by atoms with Crippen molar-refractivity contribution in [3.63, 3.8) is 0 Å². The molecule has 2 aromatic heterocycles. The minimum absolute atomic E-state index is 0.318. The number of carbonyl (C=O) groups is 1. The number of nitrogens with two attached hydrogens (primary N) is 1. The number of nitrogens with zero attached hydrogens (tertiary/aromatic N) is 3. The fourth-order valence-electron chi connectivity index (χ4n) is 4.67. The van der Waals surface area contributed by atoms with Gasteiger partial charge in [0.25, 0.3) is 5.91 Å². The number of fused-ring (bicyclic) bond motifs is 2. The van der Waals surface area contributed by atoms with Gasteiger partial charge in [-0.1, -0.05) is 36.4 Å². The van der Waals surface area contributed by atoms with Crippen LogP contribution in [-0.4, -0.2) is 46.6 Å². The quantitative estimate of drug-likeness (QED) is 0.313. The van der Waals surface area contributed by atoms with Crippen LogP contribution >= 0.6 is 0 Å². The van der Waals surface area contributed by atoms with Crippen LogP contribution in [0.2, 0.25) is 0 Å². The van der Waals surface area contributed by atoms with E-state index in [9.17, 15) is 14.8 Å². The van der Waals surface area contributed by atoms with E-state index >= 15 is 0 Å². The number of aromatic nitrogens is 2. The summed E-state index contributed by atoms with van der Waals surface area (Å²) >= 11 is 0. The standard InChI is InChI=1S/C25H26BN5O4/c1-14-20(17-8-4-9-18(23(27)32)22(17)35-14)24-29-19-10-5-11-31(2)21(19)25(30-24)28-13-15-6-3-7-16(12-15)26(33)34/h3-4,6-9,12,33-34H,5,10-11,13H2,1-2H3,(H2,27,32)(H,28,29,30). The van der Waals surface area contributed by atoms with Crippen molar-refractivity contribution in [2.24, 2.45) is 5.73 Å². The Balaban J connectivity index is 1.60. The second-order valence-corrected chi connectivity index (χ2v) is 8.77. The Bertz CT molecular complexity index is 1440. The fraction of sp³-hybridized carbons (Fsp3) is 0.240. The molecule has 0 spiro atoms. The van der Waals surface area contributed by atoms with E-state index in [0.29, 0.717) is 40.6 Å². The number of amides is 1. The van der Waals surface area contributed by atoms with Gasteiger partial charge in [-0.25, -0.2) is 9.97 Å². The highest BCUT2D eigenvalue weighted by molar-refractivity contribution is 6.58. The van der Waals surface area contributed by atoms with Crippen molar-refractivity contribution in [3.05, 3.63) is 65.0 Å².